The third kappa shape index (κ3) is 3.87. The van der Waals surface area contributed by atoms with Gasteiger partial charge in [-0.2, -0.15) is 9.97 Å². The van der Waals surface area contributed by atoms with Gasteiger partial charge < -0.3 is 14.3 Å². The molecule has 0 saturated heterocycles. The molecule has 0 aliphatic heterocycles. The lowest BCUT2D eigenvalue weighted by Crippen LogP contribution is -2.33. The van der Waals surface area contributed by atoms with Crippen molar-refractivity contribution in [2.75, 3.05) is 14.2 Å². The molecule has 1 aliphatic rings. The maximum absolute atomic E-state index is 11.6. The SMILES string of the molecule is COc1cc(OC)nc(SC(C=O)C2(C)CCCCC2)n1. The third-order valence-electron chi connectivity index (χ3n) is 4.12. The maximum Gasteiger partial charge on any atom is 0.220 e. The molecule has 1 heterocycles. The third-order valence-corrected chi connectivity index (χ3v) is 5.44. The zero-order chi connectivity index (χ0) is 15.3. The number of methoxy groups -OCH3 is 2. The average molecular weight is 310 g/mol. The van der Waals surface area contributed by atoms with Gasteiger partial charge in [-0.25, -0.2) is 0 Å². The number of aromatic nitrogens is 2. The van der Waals surface area contributed by atoms with E-state index in [4.69, 9.17) is 9.47 Å². The minimum absolute atomic E-state index is 0.0182. The fourth-order valence-electron chi connectivity index (χ4n) is 2.74. The van der Waals surface area contributed by atoms with E-state index in [1.54, 1.807) is 20.3 Å². The summed E-state index contributed by atoms with van der Waals surface area (Å²) >= 11 is 1.40. The van der Waals surface area contributed by atoms with Gasteiger partial charge in [-0.1, -0.05) is 37.9 Å². The first-order chi connectivity index (χ1) is 10.1. The van der Waals surface area contributed by atoms with E-state index in [2.05, 4.69) is 16.9 Å². The van der Waals surface area contributed by atoms with Crippen LogP contribution < -0.4 is 9.47 Å². The highest BCUT2D eigenvalue weighted by Crippen LogP contribution is 2.44. The standard InChI is InChI=1S/C15H22N2O3S/c1-15(7-5-4-6-8-15)11(10-18)21-14-16-12(19-2)9-13(17-14)20-3/h9-11H,4-8H2,1-3H3. The van der Waals surface area contributed by atoms with Crippen LogP contribution in [0.1, 0.15) is 39.0 Å². The molecule has 1 aromatic heterocycles. The minimum Gasteiger partial charge on any atom is -0.481 e. The lowest BCUT2D eigenvalue weighted by atomic mass is 9.73. The number of nitrogens with zero attached hydrogens (tertiary/aromatic N) is 2. The van der Waals surface area contributed by atoms with Crippen molar-refractivity contribution >= 4 is 18.0 Å². The van der Waals surface area contributed by atoms with Crippen molar-refractivity contribution in [1.82, 2.24) is 9.97 Å². The first-order valence-corrected chi connectivity index (χ1v) is 8.08. The predicted octanol–water partition coefficient (Wildman–Crippen LogP) is 3.12. The molecule has 1 atom stereocenters. The molecular formula is C15H22N2O3S. The van der Waals surface area contributed by atoms with Crippen molar-refractivity contribution in [3.05, 3.63) is 6.07 Å². The summed E-state index contributed by atoms with van der Waals surface area (Å²) in [6.45, 7) is 2.19. The second-order valence-corrected chi connectivity index (χ2v) is 6.73. The Morgan fingerprint density at radius 1 is 1.19 bits per heavy atom. The Morgan fingerprint density at radius 2 is 1.76 bits per heavy atom. The fraction of sp³-hybridized carbons (Fsp3) is 0.667. The van der Waals surface area contributed by atoms with E-state index in [1.807, 2.05) is 0 Å². The van der Waals surface area contributed by atoms with Crippen LogP contribution in [-0.4, -0.2) is 35.7 Å². The van der Waals surface area contributed by atoms with Crippen LogP contribution in [0, 0.1) is 5.41 Å². The molecule has 116 valence electrons. The molecule has 0 aromatic carbocycles. The summed E-state index contributed by atoms with van der Waals surface area (Å²) in [6, 6.07) is 1.63. The average Bonchev–Trinajstić information content (AvgIpc) is 2.52. The molecule has 6 heteroatoms. The molecule has 1 aromatic rings. The van der Waals surface area contributed by atoms with Crippen molar-refractivity contribution < 1.29 is 14.3 Å². The number of ether oxygens (including phenoxy) is 2. The topological polar surface area (TPSA) is 61.3 Å². The molecule has 0 N–H and O–H groups in total. The van der Waals surface area contributed by atoms with Gasteiger partial charge >= 0.3 is 0 Å². The van der Waals surface area contributed by atoms with Gasteiger partial charge in [0.05, 0.1) is 25.5 Å². The number of carbonyl (C=O) groups excluding carboxylic acids is 1. The van der Waals surface area contributed by atoms with Crippen molar-refractivity contribution in [2.45, 2.75) is 49.4 Å². The van der Waals surface area contributed by atoms with Crippen LogP contribution in [0.3, 0.4) is 0 Å². The Bertz CT molecular complexity index is 468. The molecule has 1 saturated carbocycles. The molecule has 0 bridgehead atoms. The number of aldehydes is 1. The van der Waals surface area contributed by atoms with Gasteiger partial charge in [0, 0.05) is 0 Å². The predicted molar refractivity (Wildman–Crippen MR) is 82.0 cm³/mol. The molecule has 1 unspecified atom stereocenters. The summed E-state index contributed by atoms with van der Waals surface area (Å²) in [4.78, 5) is 20.2. The Morgan fingerprint density at radius 3 is 2.24 bits per heavy atom. The van der Waals surface area contributed by atoms with Crippen LogP contribution in [-0.2, 0) is 4.79 Å². The summed E-state index contributed by atoms with van der Waals surface area (Å²) in [5.74, 6) is 0.894. The summed E-state index contributed by atoms with van der Waals surface area (Å²) < 4.78 is 10.3. The van der Waals surface area contributed by atoms with Crippen LogP contribution in [0.5, 0.6) is 11.8 Å². The first kappa shape index (κ1) is 16.1. The van der Waals surface area contributed by atoms with Crippen LogP contribution in [0.2, 0.25) is 0 Å². The number of rotatable bonds is 6. The van der Waals surface area contributed by atoms with Crippen LogP contribution in [0.4, 0.5) is 0 Å². The van der Waals surface area contributed by atoms with E-state index in [-0.39, 0.29) is 10.7 Å². The largest absolute Gasteiger partial charge is 0.481 e. The molecule has 1 aliphatic carbocycles. The van der Waals surface area contributed by atoms with Crippen LogP contribution >= 0.6 is 11.8 Å². The monoisotopic (exact) mass is 310 g/mol. The summed E-state index contributed by atoms with van der Waals surface area (Å²) in [5.41, 5.74) is 0.0182. The summed E-state index contributed by atoms with van der Waals surface area (Å²) in [7, 11) is 3.10. The zero-order valence-corrected chi connectivity index (χ0v) is 13.6. The molecule has 0 radical (unpaired) electrons. The van der Waals surface area contributed by atoms with Gasteiger partial charge in [0.2, 0.25) is 11.8 Å². The van der Waals surface area contributed by atoms with Gasteiger partial charge in [-0.05, 0) is 18.3 Å². The minimum atomic E-state index is -0.144. The van der Waals surface area contributed by atoms with Crippen LogP contribution in [0.15, 0.2) is 11.2 Å². The van der Waals surface area contributed by atoms with Crippen LogP contribution in [0.25, 0.3) is 0 Å². The number of carbonyl (C=O) groups is 1. The second kappa shape index (κ2) is 7.11. The van der Waals surface area contributed by atoms with E-state index in [0.29, 0.717) is 16.9 Å². The molecular weight excluding hydrogens is 288 g/mol. The van der Waals surface area contributed by atoms with E-state index < -0.39 is 0 Å². The van der Waals surface area contributed by atoms with Gasteiger partial charge in [0.25, 0.3) is 0 Å². The summed E-state index contributed by atoms with van der Waals surface area (Å²) in [6.07, 6.45) is 6.81. The highest BCUT2D eigenvalue weighted by molar-refractivity contribution is 8.00. The Labute approximate surface area is 129 Å². The Kier molecular flexibility index (Phi) is 5.45. The number of hydrogen-bond acceptors (Lipinski definition) is 6. The van der Waals surface area contributed by atoms with Crippen molar-refractivity contribution in [3.63, 3.8) is 0 Å². The highest BCUT2D eigenvalue weighted by Gasteiger charge is 2.36. The highest BCUT2D eigenvalue weighted by atomic mass is 32.2. The van der Waals surface area contributed by atoms with Crippen molar-refractivity contribution in [3.8, 4) is 11.8 Å². The number of hydrogen-bond donors (Lipinski definition) is 0. The van der Waals surface area contributed by atoms with E-state index in [0.717, 1.165) is 19.1 Å². The lowest BCUT2D eigenvalue weighted by molar-refractivity contribution is -0.109. The van der Waals surface area contributed by atoms with E-state index >= 15 is 0 Å². The normalized spacial score (nSPS) is 18.8. The van der Waals surface area contributed by atoms with Gasteiger partial charge in [0.1, 0.15) is 6.29 Å². The molecule has 5 nitrogen and oxygen atoms in total. The Balaban J connectivity index is 2.19. The second-order valence-electron chi connectivity index (χ2n) is 5.62. The maximum atomic E-state index is 11.6. The van der Waals surface area contributed by atoms with Gasteiger partial charge in [0.15, 0.2) is 5.16 Å². The molecule has 21 heavy (non-hydrogen) atoms. The van der Waals surface area contributed by atoms with Crippen molar-refractivity contribution in [1.29, 1.82) is 0 Å². The number of thioether (sulfide) groups is 1. The van der Waals surface area contributed by atoms with Gasteiger partial charge in [-0.15, -0.1) is 0 Å². The lowest BCUT2D eigenvalue weighted by Gasteiger charge is -2.37. The fourth-order valence-corrected chi connectivity index (χ4v) is 3.83. The molecule has 2 rings (SSSR count). The van der Waals surface area contributed by atoms with Crippen molar-refractivity contribution in [2.24, 2.45) is 5.41 Å². The zero-order valence-electron chi connectivity index (χ0n) is 12.8. The molecule has 1 fully saturated rings. The van der Waals surface area contributed by atoms with Gasteiger partial charge in [-0.3, -0.25) is 0 Å². The quantitative estimate of drug-likeness (QED) is 0.457. The molecule has 0 amide bonds. The molecule has 0 spiro atoms. The van der Waals surface area contributed by atoms with E-state index in [1.165, 1.54) is 31.0 Å². The smallest absolute Gasteiger partial charge is 0.220 e. The van der Waals surface area contributed by atoms with E-state index in [9.17, 15) is 4.79 Å². The first-order valence-electron chi connectivity index (χ1n) is 7.20. The summed E-state index contributed by atoms with van der Waals surface area (Å²) in [5, 5.41) is 0.379. The Hall–Kier alpha value is -1.30.